The number of unbranched alkanes of at least 4 members (excludes halogenated alkanes) is 15. The Hall–Kier alpha value is -1.58. The molecule has 0 fully saturated rings. The number of carbonyl (C=O) groups excluding carboxylic acids is 1. The number of ether oxygens (including phenoxy) is 1. The van der Waals surface area contributed by atoms with Crippen molar-refractivity contribution in [2.24, 2.45) is 5.92 Å². The van der Waals surface area contributed by atoms with Gasteiger partial charge in [-0.15, -0.1) is 0 Å². The first-order valence-corrected chi connectivity index (χ1v) is 13.3. The van der Waals surface area contributed by atoms with Crippen LogP contribution in [0.25, 0.3) is 0 Å². The van der Waals surface area contributed by atoms with E-state index in [9.17, 15) is 9.59 Å². The Bertz CT molecular complexity index is 484. The van der Waals surface area contributed by atoms with Gasteiger partial charge in [0.05, 0.1) is 12.3 Å². The van der Waals surface area contributed by atoms with Crippen molar-refractivity contribution in [2.45, 2.75) is 129 Å². The topological polar surface area (TPSA) is 63.6 Å². The van der Waals surface area contributed by atoms with Crippen molar-refractivity contribution in [1.29, 1.82) is 0 Å². The molecular formula is C28H50O4. The third kappa shape index (κ3) is 21.6. The molecule has 4 heteroatoms. The van der Waals surface area contributed by atoms with Crippen LogP contribution >= 0.6 is 0 Å². The second kappa shape index (κ2) is 24.1. The van der Waals surface area contributed by atoms with E-state index in [0.29, 0.717) is 12.8 Å². The quantitative estimate of drug-likeness (QED) is 0.0910. The third-order valence-corrected chi connectivity index (χ3v) is 5.92. The van der Waals surface area contributed by atoms with Crippen LogP contribution in [0.15, 0.2) is 24.8 Å². The summed E-state index contributed by atoms with van der Waals surface area (Å²) in [6, 6.07) is 0. The van der Waals surface area contributed by atoms with Crippen LogP contribution in [0.4, 0.5) is 0 Å². The Labute approximate surface area is 197 Å². The number of carboxylic acid groups (broad SMARTS) is 1. The molecule has 0 heterocycles. The van der Waals surface area contributed by atoms with Crippen LogP contribution < -0.4 is 0 Å². The number of carboxylic acids is 1. The highest BCUT2D eigenvalue weighted by Crippen LogP contribution is 2.16. The van der Waals surface area contributed by atoms with E-state index >= 15 is 0 Å². The van der Waals surface area contributed by atoms with Crippen LogP contribution in [-0.4, -0.2) is 23.7 Å². The molecule has 4 nitrogen and oxygen atoms in total. The molecule has 0 aliphatic carbocycles. The molecule has 1 atom stereocenters. The van der Waals surface area contributed by atoms with Crippen LogP contribution in [0.3, 0.4) is 0 Å². The molecule has 0 aromatic carbocycles. The van der Waals surface area contributed by atoms with Crippen molar-refractivity contribution >= 4 is 11.9 Å². The number of esters is 1. The molecule has 0 aliphatic heterocycles. The van der Waals surface area contributed by atoms with E-state index in [4.69, 9.17) is 9.84 Å². The fourth-order valence-corrected chi connectivity index (χ4v) is 3.94. The fourth-order valence-electron chi connectivity index (χ4n) is 3.94. The smallest absolute Gasteiger partial charge is 0.309 e. The maximum atomic E-state index is 11.9. The Morgan fingerprint density at radius 1 is 0.781 bits per heavy atom. The number of allylic oxidation sites excluding steroid dienone is 2. The molecule has 32 heavy (non-hydrogen) atoms. The molecule has 0 radical (unpaired) electrons. The maximum absolute atomic E-state index is 11.9. The molecule has 186 valence electrons. The fraction of sp³-hybridized carbons (Fsp3) is 0.786. The third-order valence-electron chi connectivity index (χ3n) is 5.92. The standard InChI is InChI=1S/C28H50O4/c1-3-5-6-7-8-9-10-11-12-13-14-15-16-17-18-19-20-21-22-23-26(25-27(29)30)28(31)32-24-4-2/h4,20-21,26H,2-3,5-19,22-25H2,1H3,(H,29,30)/b21-20+. The first-order chi connectivity index (χ1) is 15.6. The molecule has 1 unspecified atom stereocenters. The number of hydrogen-bond donors (Lipinski definition) is 1. The van der Waals surface area contributed by atoms with E-state index in [1.165, 1.54) is 102 Å². The Morgan fingerprint density at radius 2 is 1.25 bits per heavy atom. The summed E-state index contributed by atoms with van der Waals surface area (Å²) in [4.78, 5) is 22.8. The lowest BCUT2D eigenvalue weighted by Gasteiger charge is -2.12. The van der Waals surface area contributed by atoms with E-state index in [-0.39, 0.29) is 13.0 Å². The first-order valence-electron chi connectivity index (χ1n) is 13.3. The molecule has 0 aromatic heterocycles. The normalized spacial score (nSPS) is 12.2. The Balaban J connectivity index is 3.51. The second-order valence-electron chi connectivity index (χ2n) is 9.00. The minimum absolute atomic E-state index is 0.129. The van der Waals surface area contributed by atoms with Gasteiger partial charge < -0.3 is 9.84 Å². The molecule has 0 aromatic rings. The molecule has 0 amide bonds. The van der Waals surface area contributed by atoms with Gasteiger partial charge in [-0.25, -0.2) is 0 Å². The summed E-state index contributed by atoms with van der Waals surface area (Å²) in [7, 11) is 0. The van der Waals surface area contributed by atoms with Gasteiger partial charge in [0.25, 0.3) is 0 Å². The van der Waals surface area contributed by atoms with Gasteiger partial charge >= 0.3 is 11.9 Å². The van der Waals surface area contributed by atoms with Gasteiger partial charge in [-0.2, -0.15) is 0 Å². The van der Waals surface area contributed by atoms with Gasteiger partial charge in [0.1, 0.15) is 6.61 Å². The number of carbonyl (C=O) groups is 2. The average molecular weight is 451 g/mol. The summed E-state index contributed by atoms with van der Waals surface area (Å²) < 4.78 is 5.00. The maximum Gasteiger partial charge on any atom is 0.309 e. The minimum atomic E-state index is -0.965. The van der Waals surface area contributed by atoms with Crippen molar-refractivity contribution in [3.63, 3.8) is 0 Å². The van der Waals surface area contributed by atoms with Crippen molar-refractivity contribution in [1.82, 2.24) is 0 Å². The van der Waals surface area contributed by atoms with Crippen LogP contribution in [0.1, 0.15) is 129 Å². The molecule has 0 aliphatic rings. The zero-order chi connectivity index (χ0) is 23.7. The Morgan fingerprint density at radius 3 is 1.72 bits per heavy atom. The lowest BCUT2D eigenvalue weighted by Crippen LogP contribution is -2.21. The zero-order valence-electron chi connectivity index (χ0n) is 20.8. The van der Waals surface area contributed by atoms with Gasteiger partial charge in [-0.1, -0.05) is 122 Å². The van der Waals surface area contributed by atoms with Crippen LogP contribution in [-0.2, 0) is 14.3 Å². The largest absolute Gasteiger partial charge is 0.481 e. The lowest BCUT2D eigenvalue weighted by atomic mass is 9.99. The summed E-state index contributed by atoms with van der Waals surface area (Å²) >= 11 is 0. The number of rotatable bonds is 24. The highest BCUT2D eigenvalue weighted by atomic mass is 16.5. The van der Waals surface area contributed by atoms with Gasteiger partial charge in [0, 0.05) is 0 Å². The van der Waals surface area contributed by atoms with Gasteiger partial charge in [-0.3, -0.25) is 9.59 Å². The van der Waals surface area contributed by atoms with Gasteiger partial charge in [0.15, 0.2) is 0 Å². The molecule has 0 rings (SSSR count). The van der Waals surface area contributed by atoms with E-state index in [1.807, 2.05) is 0 Å². The molecular weight excluding hydrogens is 400 g/mol. The van der Waals surface area contributed by atoms with Gasteiger partial charge in [-0.05, 0) is 25.7 Å². The SMILES string of the molecule is C=CCOC(=O)C(CC/C=C/CCCCCCCCCCCCCCCCC)CC(=O)O. The first kappa shape index (κ1) is 30.4. The summed E-state index contributed by atoms with van der Waals surface area (Å²) in [6.45, 7) is 5.91. The van der Waals surface area contributed by atoms with Crippen LogP contribution in [0, 0.1) is 5.92 Å². The highest BCUT2D eigenvalue weighted by molar-refractivity contribution is 5.79. The number of aliphatic carboxylic acids is 1. The van der Waals surface area contributed by atoms with E-state index in [0.717, 1.165) is 6.42 Å². The van der Waals surface area contributed by atoms with Crippen molar-refractivity contribution in [3.05, 3.63) is 24.8 Å². The van der Waals surface area contributed by atoms with E-state index in [1.54, 1.807) is 0 Å². The van der Waals surface area contributed by atoms with Crippen molar-refractivity contribution < 1.29 is 19.4 Å². The van der Waals surface area contributed by atoms with E-state index in [2.05, 4.69) is 25.7 Å². The minimum Gasteiger partial charge on any atom is -0.481 e. The molecule has 0 spiro atoms. The van der Waals surface area contributed by atoms with Gasteiger partial charge in [0.2, 0.25) is 0 Å². The second-order valence-corrected chi connectivity index (χ2v) is 9.00. The monoisotopic (exact) mass is 450 g/mol. The van der Waals surface area contributed by atoms with Crippen molar-refractivity contribution in [2.75, 3.05) is 6.61 Å². The van der Waals surface area contributed by atoms with Crippen molar-refractivity contribution in [3.8, 4) is 0 Å². The van der Waals surface area contributed by atoms with Crippen LogP contribution in [0.2, 0.25) is 0 Å². The summed E-state index contributed by atoms with van der Waals surface area (Å²) in [5.74, 6) is -1.99. The molecule has 0 saturated heterocycles. The molecule has 0 bridgehead atoms. The highest BCUT2D eigenvalue weighted by Gasteiger charge is 2.22. The lowest BCUT2D eigenvalue weighted by molar-refractivity contribution is -0.152. The van der Waals surface area contributed by atoms with E-state index < -0.39 is 17.9 Å². The Kier molecular flexibility index (Phi) is 22.9. The van der Waals surface area contributed by atoms with Crippen LogP contribution in [0.5, 0.6) is 0 Å². The predicted octanol–water partition coefficient (Wildman–Crippen LogP) is 8.40. The predicted molar refractivity (Wildman–Crippen MR) is 135 cm³/mol. The molecule has 1 N–H and O–H groups in total. The summed E-state index contributed by atoms with van der Waals surface area (Å²) in [6.07, 6.45) is 28.4. The summed E-state index contributed by atoms with van der Waals surface area (Å²) in [5.41, 5.74) is 0. The molecule has 0 saturated carbocycles. The number of hydrogen-bond acceptors (Lipinski definition) is 3. The average Bonchev–Trinajstić information content (AvgIpc) is 2.77. The summed E-state index contributed by atoms with van der Waals surface area (Å²) in [5, 5.41) is 8.97. The zero-order valence-corrected chi connectivity index (χ0v) is 20.8.